The molecule has 4 nitrogen and oxygen atoms in total. The topological polar surface area (TPSA) is 68.0 Å². The summed E-state index contributed by atoms with van der Waals surface area (Å²) in [6.45, 7) is 9.72. The van der Waals surface area contributed by atoms with Crippen molar-refractivity contribution in [1.82, 2.24) is 4.98 Å². The van der Waals surface area contributed by atoms with Crippen molar-refractivity contribution in [1.29, 1.82) is 0 Å². The highest BCUT2D eigenvalue weighted by Gasteiger charge is 2.27. The fourth-order valence-corrected chi connectivity index (χ4v) is 1.92. The van der Waals surface area contributed by atoms with E-state index in [2.05, 4.69) is 10.3 Å². The number of aromatic nitrogens is 1. The second-order valence-electron chi connectivity index (χ2n) is 4.99. The summed E-state index contributed by atoms with van der Waals surface area (Å²) in [5, 5.41) is 3.38. The standard InChI is InChI=1S/C11H19N3OS/c1-6-7(2)16-10(13-6)14-9(15)8(12)11(3,4)5/h8H,12H2,1-5H3,(H,13,14,15)/t8-/m0/s1. The molecule has 0 bridgehead atoms. The van der Waals surface area contributed by atoms with E-state index in [-0.39, 0.29) is 11.3 Å². The maximum atomic E-state index is 11.8. The number of thiazole rings is 1. The van der Waals surface area contributed by atoms with Gasteiger partial charge >= 0.3 is 0 Å². The van der Waals surface area contributed by atoms with Crippen LogP contribution >= 0.6 is 11.3 Å². The molecule has 90 valence electrons. The Hall–Kier alpha value is -0.940. The van der Waals surface area contributed by atoms with Crippen molar-refractivity contribution in [3.63, 3.8) is 0 Å². The summed E-state index contributed by atoms with van der Waals surface area (Å²) in [6.07, 6.45) is 0. The van der Waals surface area contributed by atoms with E-state index >= 15 is 0 Å². The lowest BCUT2D eigenvalue weighted by molar-refractivity contribution is -0.119. The molecule has 0 radical (unpaired) electrons. The predicted octanol–water partition coefficient (Wildman–Crippen LogP) is 2.07. The van der Waals surface area contributed by atoms with Crippen LogP contribution in [0, 0.1) is 19.3 Å². The molecular formula is C11H19N3OS. The summed E-state index contributed by atoms with van der Waals surface area (Å²) >= 11 is 1.47. The molecule has 0 aromatic carbocycles. The van der Waals surface area contributed by atoms with Crippen molar-refractivity contribution in [2.75, 3.05) is 5.32 Å². The highest BCUT2D eigenvalue weighted by molar-refractivity contribution is 7.15. The molecule has 1 atom stereocenters. The summed E-state index contributed by atoms with van der Waals surface area (Å²) in [4.78, 5) is 17.2. The van der Waals surface area contributed by atoms with E-state index in [1.807, 2.05) is 34.6 Å². The number of rotatable bonds is 2. The SMILES string of the molecule is Cc1nc(NC(=O)[C@H](N)C(C)(C)C)sc1C. The number of nitrogens with zero attached hydrogens (tertiary/aromatic N) is 1. The van der Waals surface area contributed by atoms with Gasteiger partial charge in [0.15, 0.2) is 5.13 Å². The summed E-state index contributed by atoms with van der Waals surface area (Å²) in [7, 11) is 0. The number of hydrogen-bond acceptors (Lipinski definition) is 4. The molecule has 1 aromatic heterocycles. The zero-order chi connectivity index (χ0) is 12.5. The molecule has 0 saturated carbocycles. The third-order valence-corrected chi connectivity index (χ3v) is 3.46. The van der Waals surface area contributed by atoms with E-state index in [4.69, 9.17) is 5.73 Å². The number of nitrogens with two attached hydrogens (primary N) is 1. The molecule has 3 N–H and O–H groups in total. The zero-order valence-electron chi connectivity index (χ0n) is 10.4. The Morgan fingerprint density at radius 1 is 1.44 bits per heavy atom. The third-order valence-electron chi connectivity index (χ3n) is 2.47. The first-order valence-corrected chi connectivity index (χ1v) is 6.04. The lowest BCUT2D eigenvalue weighted by atomic mass is 9.87. The van der Waals surface area contributed by atoms with Gasteiger partial charge in [-0.25, -0.2) is 4.98 Å². The normalized spacial score (nSPS) is 13.6. The third kappa shape index (κ3) is 3.02. The van der Waals surface area contributed by atoms with Crippen LogP contribution in [0.25, 0.3) is 0 Å². The summed E-state index contributed by atoms with van der Waals surface area (Å²) in [5.74, 6) is -0.179. The molecular weight excluding hydrogens is 222 g/mol. The van der Waals surface area contributed by atoms with Gasteiger partial charge in [0.25, 0.3) is 0 Å². The minimum atomic E-state index is -0.531. The van der Waals surface area contributed by atoms with Crippen LogP contribution in [0.15, 0.2) is 0 Å². The van der Waals surface area contributed by atoms with Crippen molar-refractivity contribution in [3.05, 3.63) is 10.6 Å². The van der Waals surface area contributed by atoms with Crippen molar-refractivity contribution >= 4 is 22.4 Å². The molecule has 1 rings (SSSR count). The Morgan fingerprint density at radius 3 is 2.38 bits per heavy atom. The van der Waals surface area contributed by atoms with Crippen molar-refractivity contribution in [3.8, 4) is 0 Å². The molecule has 0 aliphatic carbocycles. The second-order valence-corrected chi connectivity index (χ2v) is 6.20. The van der Waals surface area contributed by atoms with E-state index in [0.29, 0.717) is 5.13 Å². The summed E-state index contributed by atoms with van der Waals surface area (Å²) in [5.41, 5.74) is 6.56. The Balaban J connectivity index is 2.72. The van der Waals surface area contributed by atoms with Gasteiger partial charge in [-0.15, -0.1) is 11.3 Å². The van der Waals surface area contributed by atoms with Crippen molar-refractivity contribution in [2.45, 2.75) is 40.7 Å². The maximum Gasteiger partial charge on any atom is 0.243 e. The van der Waals surface area contributed by atoms with E-state index in [0.717, 1.165) is 10.6 Å². The molecule has 0 aliphatic heterocycles. The number of aryl methyl sites for hydroxylation is 2. The van der Waals surface area contributed by atoms with Gasteiger partial charge in [0.1, 0.15) is 0 Å². The lowest BCUT2D eigenvalue weighted by Gasteiger charge is -2.25. The number of nitrogens with one attached hydrogen (secondary N) is 1. The van der Waals surface area contributed by atoms with Gasteiger partial charge in [-0.2, -0.15) is 0 Å². The smallest absolute Gasteiger partial charge is 0.243 e. The molecule has 1 amide bonds. The Bertz CT molecular complexity index is 373. The summed E-state index contributed by atoms with van der Waals surface area (Å²) in [6, 6.07) is -0.531. The number of carbonyl (C=O) groups is 1. The molecule has 0 spiro atoms. The predicted molar refractivity (Wildman–Crippen MR) is 67.6 cm³/mol. The number of hydrogen-bond donors (Lipinski definition) is 2. The van der Waals surface area contributed by atoms with E-state index < -0.39 is 6.04 Å². The zero-order valence-corrected chi connectivity index (χ0v) is 11.2. The van der Waals surface area contributed by atoms with Crippen LogP contribution in [0.2, 0.25) is 0 Å². The average molecular weight is 241 g/mol. The van der Waals surface area contributed by atoms with Crippen LogP contribution in [-0.4, -0.2) is 16.9 Å². The highest BCUT2D eigenvalue weighted by atomic mass is 32.1. The highest BCUT2D eigenvalue weighted by Crippen LogP contribution is 2.23. The first-order chi connectivity index (χ1) is 7.21. The average Bonchev–Trinajstić information content (AvgIpc) is 2.43. The van der Waals surface area contributed by atoms with E-state index in [9.17, 15) is 4.79 Å². The minimum absolute atomic E-state index is 0.179. The Morgan fingerprint density at radius 2 is 2.00 bits per heavy atom. The van der Waals surface area contributed by atoms with Gasteiger partial charge in [0.2, 0.25) is 5.91 Å². The Labute approximate surface area is 100 Å². The van der Waals surface area contributed by atoms with Gasteiger partial charge in [-0.1, -0.05) is 20.8 Å². The molecule has 5 heteroatoms. The minimum Gasteiger partial charge on any atom is -0.319 e. The van der Waals surface area contributed by atoms with Gasteiger partial charge in [-0.3, -0.25) is 4.79 Å². The molecule has 1 aromatic rings. The molecule has 0 aliphatic rings. The van der Waals surface area contributed by atoms with Crippen LogP contribution in [0.5, 0.6) is 0 Å². The van der Waals surface area contributed by atoms with Crippen molar-refractivity contribution < 1.29 is 4.79 Å². The van der Waals surface area contributed by atoms with Gasteiger partial charge in [0.05, 0.1) is 11.7 Å². The number of carbonyl (C=O) groups excluding carboxylic acids is 1. The molecule has 0 fully saturated rings. The number of amides is 1. The summed E-state index contributed by atoms with van der Waals surface area (Å²) < 4.78 is 0. The van der Waals surface area contributed by atoms with Crippen LogP contribution in [0.1, 0.15) is 31.3 Å². The second kappa shape index (κ2) is 4.51. The van der Waals surface area contributed by atoms with Gasteiger partial charge < -0.3 is 11.1 Å². The van der Waals surface area contributed by atoms with Gasteiger partial charge in [0, 0.05) is 4.88 Å². The number of anilines is 1. The fraction of sp³-hybridized carbons (Fsp3) is 0.636. The van der Waals surface area contributed by atoms with Crippen molar-refractivity contribution in [2.24, 2.45) is 11.1 Å². The molecule has 16 heavy (non-hydrogen) atoms. The van der Waals surface area contributed by atoms with Crippen LogP contribution in [0.3, 0.4) is 0 Å². The first-order valence-electron chi connectivity index (χ1n) is 5.22. The molecule has 0 unspecified atom stereocenters. The lowest BCUT2D eigenvalue weighted by Crippen LogP contribution is -2.45. The van der Waals surface area contributed by atoms with Gasteiger partial charge in [-0.05, 0) is 19.3 Å². The Kier molecular flexibility index (Phi) is 3.70. The molecule has 1 heterocycles. The van der Waals surface area contributed by atoms with Crippen LogP contribution in [0.4, 0.5) is 5.13 Å². The quantitative estimate of drug-likeness (QED) is 0.833. The van der Waals surface area contributed by atoms with E-state index in [1.54, 1.807) is 0 Å². The van der Waals surface area contributed by atoms with E-state index in [1.165, 1.54) is 11.3 Å². The van der Waals surface area contributed by atoms with Crippen LogP contribution < -0.4 is 11.1 Å². The fourth-order valence-electron chi connectivity index (χ4n) is 1.10. The first kappa shape index (κ1) is 13.1. The maximum absolute atomic E-state index is 11.8. The monoisotopic (exact) mass is 241 g/mol. The largest absolute Gasteiger partial charge is 0.319 e. The molecule has 0 saturated heterocycles. The van der Waals surface area contributed by atoms with Crippen LogP contribution in [-0.2, 0) is 4.79 Å².